The molecule has 0 spiro atoms. The summed E-state index contributed by atoms with van der Waals surface area (Å²) in [6, 6.07) is 40.3. The van der Waals surface area contributed by atoms with Gasteiger partial charge in [-0.3, -0.25) is 0 Å². The second kappa shape index (κ2) is 7.15. The molecule has 0 amide bonds. The van der Waals surface area contributed by atoms with Crippen LogP contribution >= 0.6 is 6.83 Å². The number of hydrogen-bond acceptors (Lipinski definition) is 2. The summed E-state index contributed by atoms with van der Waals surface area (Å²) in [5.74, 6) is 3.18. The van der Waals surface area contributed by atoms with E-state index < -0.39 is 6.83 Å². The third-order valence-corrected chi connectivity index (χ3v) is 11.6. The molecule has 5 aromatic rings. The molecule has 0 atom stereocenters. The molecule has 0 fully saturated rings. The quantitative estimate of drug-likeness (QED) is 0.325. The van der Waals surface area contributed by atoms with Crippen LogP contribution in [0.1, 0.15) is 5.56 Å². The summed E-state index contributed by atoms with van der Waals surface area (Å²) in [4.78, 5) is 4.73. The average molecular weight is 431 g/mol. The van der Waals surface area contributed by atoms with Crippen LogP contribution in [0.15, 0.2) is 127 Å². The first-order valence-electron chi connectivity index (χ1n) is 10.8. The average Bonchev–Trinajstić information content (AvgIpc) is 2.90. The van der Waals surface area contributed by atoms with Gasteiger partial charge < -0.3 is 0 Å². The zero-order valence-corrected chi connectivity index (χ0v) is 18.4. The zero-order valence-electron chi connectivity index (χ0n) is 17.5. The van der Waals surface area contributed by atoms with Crippen LogP contribution in [-0.2, 0) is 0 Å². The van der Waals surface area contributed by atoms with Crippen molar-refractivity contribution in [3.8, 4) is 5.75 Å². The van der Waals surface area contributed by atoms with Crippen molar-refractivity contribution in [2.45, 2.75) is 0 Å². The van der Waals surface area contributed by atoms with Crippen LogP contribution in [0, 0.1) is 0 Å². The van der Waals surface area contributed by atoms with Crippen molar-refractivity contribution in [3.63, 3.8) is 0 Å². The molecule has 0 radical (unpaired) electrons. The Balaban J connectivity index is 1.80. The Morgan fingerprint density at radius 2 is 1.12 bits per heavy atom. The fourth-order valence-electron chi connectivity index (χ4n) is 4.84. The first-order chi connectivity index (χ1) is 15.8. The predicted octanol–water partition coefficient (Wildman–Crippen LogP) is 6.04. The molecule has 1 aromatic heterocycles. The van der Waals surface area contributed by atoms with Gasteiger partial charge in [0.25, 0.3) is 0 Å². The molecule has 3 heteroatoms. The van der Waals surface area contributed by atoms with Gasteiger partial charge in [-0.15, -0.1) is 0 Å². The Labute approximate surface area is 187 Å². The number of hydrogen-bond donors (Lipinski definition) is 0. The molecule has 0 saturated carbocycles. The maximum atomic E-state index is 7.46. The molecule has 1 aliphatic rings. The number of rotatable bonds is 3. The molecule has 0 saturated heterocycles. The van der Waals surface area contributed by atoms with Gasteiger partial charge in [0.15, 0.2) is 0 Å². The molecule has 6 rings (SSSR count). The van der Waals surface area contributed by atoms with Crippen LogP contribution in [0.4, 0.5) is 0 Å². The van der Waals surface area contributed by atoms with Crippen LogP contribution < -0.4 is 20.4 Å². The SMILES string of the molecule is C1=CP(c2ccccc2)(c2ccccc2)(c2ccccc2)Oc2c1ccc1cccnc21. The predicted molar refractivity (Wildman–Crippen MR) is 137 cm³/mol. The van der Waals surface area contributed by atoms with E-state index in [0.29, 0.717) is 0 Å². The standard InChI is InChI=1S/C29H22NOP/c1-4-12-25(13-5-1)32(26-14-6-2-7-15-26,27-16-8-3-9-17-27)22-20-24-19-18-23-11-10-21-30-28(23)29(24)31-32/h1-22H. The Kier molecular flexibility index (Phi) is 4.24. The topological polar surface area (TPSA) is 22.1 Å². The van der Waals surface area contributed by atoms with Gasteiger partial charge in [0.05, 0.1) is 0 Å². The molecule has 0 aliphatic carbocycles. The van der Waals surface area contributed by atoms with Crippen LogP contribution in [-0.4, -0.2) is 4.98 Å². The monoisotopic (exact) mass is 431 g/mol. The van der Waals surface area contributed by atoms with Crippen LogP contribution in [0.2, 0.25) is 0 Å². The number of nitrogens with zero attached hydrogens (tertiary/aromatic N) is 1. The van der Waals surface area contributed by atoms with Gasteiger partial charge in [-0.25, -0.2) is 0 Å². The first kappa shape index (κ1) is 19.0. The van der Waals surface area contributed by atoms with E-state index in [9.17, 15) is 0 Å². The van der Waals surface area contributed by atoms with Crippen LogP contribution in [0.25, 0.3) is 17.0 Å². The summed E-state index contributed by atoms with van der Waals surface area (Å²) in [6.07, 6.45) is 4.07. The number of pyridine rings is 1. The van der Waals surface area contributed by atoms with Gasteiger partial charge in [-0.1, -0.05) is 0 Å². The molecular formula is C29H22NOP. The number of benzene rings is 4. The fraction of sp³-hybridized carbons (Fsp3) is 0. The van der Waals surface area contributed by atoms with Gasteiger partial charge in [0, 0.05) is 0 Å². The van der Waals surface area contributed by atoms with E-state index in [1.165, 1.54) is 15.9 Å². The van der Waals surface area contributed by atoms with Crippen molar-refractivity contribution < 1.29 is 4.52 Å². The van der Waals surface area contributed by atoms with Crippen molar-refractivity contribution >= 4 is 39.7 Å². The molecule has 4 aromatic carbocycles. The van der Waals surface area contributed by atoms with Gasteiger partial charge in [0.2, 0.25) is 0 Å². The Bertz CT molecular complexity index is 1350. The third kappa shape index (κ3) is 2.54. The van der Waals surface area contributed by atoms with Crippen molar-refractivity contribution in [3.05, 3.63) is 133 Å². The molecule has 32 heavy (non-hydrogen) atoms. The fourth-order valence-corrected chi connectivity index (χ4v) is 9.94. The van der Waals surface area contributed by atoms with Gasteiger partial charge >= 0.3 is 188 Å². The first-order valence-corrected chi connectivity index (χ1v) is 13.0. The van der Waals surface area contributed by atoms with Gasteiger partial charge in [0.1, 0.15) is 0 Å². The molecule has 2 heterocycles. The Morgan fingerprint density at radius 3 is 1.69 bits per heavy atom. The van der Waals surface area contributed by atoms with E-state index in [2.05, 4.69) is 121 Å². The summed E-state index contributed by atoms with van der Waals surface area (Å²) in [7, 11) is 0. The second-order valence-electron chi connectivity index (χ2n) is 8.07. The van der Waals surface area contributed by atoms with E-state index in [1.807, 2.05) is 12.3 Å². The van der Waals surface area contributed by atoms with E-state index in [0.717, 1.165) is 22.2 Å². The summed E-state index contributed by atoms with van der Waals surface area (Å²) in [6.45, 7) is -3.47. The molecule has 0 bridgehead atoms. The number of fused-ring (bicyclic) bond motifs is 3. The second-order valence-corrected chi connectivity index (χ2v) is 12.3. The van der Waals surface area contributed by atoms with E-state index in [4.69, 9.17) is 9.51 Å². The Hall–Kier alpha value is -3.74. The molecule has 154 valence electrons. The van der Waals surface area contributed by atoms with E-state index in [-0.39, 0.29) is 0 Å². The minimum absolute atomic E-state index is 0.847. The summed E-state index contributed by atoms with van der Waals surface area (Å²) in [5, 5.41) is 4.59. The molecule has 2 nitrogen and oxygen atoms in total. The van der Waals surface area contributed by atoms with Crippen molar-refractivity contribution in [2.24, 2.45) is 0 Å². The Morgan fingerprint density at radius 1 is 0.562 bits per heavy atom. The van der Waals surface area contributed by atoms with Gasteiger partial charge in [-0.05, 0) is 0 Å². The van der Waals surface area contributed by atoms with Crippen molar-refractivity contribution in [1.29, 1.82) is 0 Å². The van der Waals surface area contributed by atoms with Crippen LogP contribution in [0.3, 0.4) is 0 Å². The maximum absolute atomic E-state index is 7.46. The summed E-state index contributed by atoms with van der Waals surface area (Å²) < 4.78 is 7.46. The third-order valence-electron chi connectivity index (χ3n) is 6.38. The van der Waals surface area contributed by atoms with E-state index >= 15 is 0 Å². The summed E-state index contributed by atoms with van der Waals surface area (Å²) in [5.41, 5.74) is 1.95. The minimum atomic E-state index is -3.47. The molecule has 0 N–H and O–H groups in total. The molecule has 1 aliphatic heterocycles. The van der Waals surface area contributed by atoms with E-state index in [1.54, 1.807) is 0 Å². The van der Waals surface area contributed by atoms with Crippen molar-refractivity contribution in [1.82, 2.24) is 4.98 Å². The van der Waals surface area contributed by atoms with Crippen molar-refractivity contribution in [2.75, 3.05) is 0 Å². The molecular weight excluding hydrogens is 409 g/mol. The summed E-state index contributed by atoms with van der Waals surface area (Å²) >= 11 is 0. The van der Waals surface area contributed by atoms with Gasteiger partial charge in [-0.2, -0.15) is 0 Å². The molecule has 0 unspecified atom stereocenters. The van der Waals surface area contributed by atoms with Crippen LogP contribution in [0.5, 0.6) is 5.75 Å². The normalized spacial score (nSPS) is 16.9. The zero-order chi connectivity index (χ0) is 21.5. The number of aromatic nitrogens is 1.